The number of rotatable bonds is 0. The maximum atomic E-state index is 9.11. The first-order chi connectivity index (χ1) is 1.73. The Hall–Kier alpha value is 0.587. The van der Waals surface area contributed by atoms with Gasteiger partial charge in [0.2, 0.25) is 0 Å². The van der Waals surface area contributed by atoms with Gasteiger partial charge in [0.15, 0.2) is 0 Å². The molecule has 0 spiro atoms. The first-order valence-electron chi connectivity index (χ1n) is 0.846. The van der Waals surface area contributed by atoms with E-state index in [-0.39, 0.29) is 53.8 Å². The maximum absolute atomic E-state index is 9.11. The molecule has 42 valence electrons. The number of hydrogen-bond acceptors (Lipinski definition) is 1. The van der Waals surface area contributed by atoms with Crippen LogP contribution in [0.4, 0.5) is 0 Å². The smallest absolute Gasteiger partial charge is 0.395 e. The second-order valence-corrected chi connectivity index (χ2v) is 0.466. The fourth-order valence-electron chi connectivity index (χ4n) is 0. The number of primary amides is 1. The fourth-order valence-corrected chi connectivity index (χ4v) is 0. The van der Waals surface area contributed by atoms with E-state index >= 15 is 0 Å². The molecule has 0 aromatic rings. The number of carbonyl (C=O) groups is 1. The third-order valence-electron chi connectivity index (χ3n) is 0. The molecule has 0 rings (SSSR count). The van der Waals surface area contributed by atoms with E-state index in [0.29, 0.717) is 0 Å². The average Bonchev–Trinajstić information content (AvgIpc) is 0.811. The number of hydrogen-bond donors (Lipinski definition) is 1. The molecule has 0 fully saturated rings. The predicted molar refractivity (Wildman–Crippen MR) is 27.4 cm³/mol. The topological polar surface area (TPSA) is 43.1 Å². The molecule has 0 unspecified atom stereocenters. The zero-order valence-electron chi connectivity index (χ0n) is 5.61. The summed E-state index contributed by atoms with van der Waals surface area (Å²) in [7, 11) is 0. The van der Waals surface area contributed by atoms with Crippen LogP contribution in [0.2, 0.25) is 0 Å². The quantitative estimate of drug-likeness (QED) is 0.459. The molecule has 8 heavy (non-hydrogen) atoms. The Morgan fingerprint density at radius 2 is 1.38 bits per heavy atom. The fraction of sp³-hybridized carbons (Fsp3) is 0. The summed E-state index contributed by atoms with van der Waals surface area (Å²) in [6.07, 6.45) is 0. The van der Waals surface area contributed by atoms with Crippen LogP contribution in [0.15, 0.2) is 0 Å². The zero-order valence-corrected chi connectivity index (χ0v) is 11.5. The summed E-state index contributed by atoms with van der Waals surface area (Å²) in [5.41, 5.74) is 4.36. The molecule has 0 aliphatic carbocycles. The molecular formula is C4H10NOZn2-. The predicted octanol–water partition coefficient (Wildman–Crippen LogP) is 0.201. The van der Waals surface area contributed by atoms with Gasteiger partial charge in [-0.25, -0.2) is 0 Å². The summed E-state index contributed by atoms with van der Waals surface area (Å²) in [6, 6.07) is 0. The van der Waals surface area contributed by atoms with Crippen molar-refractivity contribution in [1.29, 1.82) is 0 Å². The van der Waals surface area contributed by atoms with Crippen LogP contribution >= 0.6 is 0 Å². The van der Waals surface area contributed by atoms with Gasteiger partial charge in [-0.1, -0.05) is 0 Å². The average molecular weight is 219 g/mol. The van der Waals surface area contributed by atoms with Gasteiger partial charge in [-0.2, -0.15) is 0 Å². The summed E-state index contributed by atoms with van der Waals surface area (Å²) in [4.78, 5) is 9.11. The number of carbonyl (C=O) groups excluding carboxylic acids is 1. The van der Waals surface area contributed by atoms with Gasteiger partial charge in [0.1, 0.15) is 0 Å². The van der Waals surface area contributed by atoms with Gasteiger partial charge in [-0.05, 0) is 0 Å². The Bertz CT molecular complexity index is 37.0. The molecule has 0 aliphatic rings. The van der Waals surface area contributed by atoms with E-state index in [1.165, 1.54) is 0 Å². The molecule has 2 nitrogen and oxygen atoms in total. The van der Waals surface area contributed by atoms with E-state index < -0.39 is 5.91 Å². The first kappa shape index (κ1) is 38.4. The third kappa shape index (κ3) is 597. The van der Waals surface area contributed by atoms with Crippen LogP contribution in [0.5, 0.6) is 0 Å². The van der Waals surface area contributed by atoms with Gasteiger partial charge < -0.3 is 32.3 Å². The third-order valence-corrected chi connectivity index (χ3v) is 0. The van der Waals surface area contributed by atoms with Crippen molar-refractivity contribution in [2.75, 3.05) is 0 Å². The van der Waals surface area contributed by atoms with E-state index in [1.807, 2.05) is 0 Å². The molecule has 0 radical (unpaired) electrons. The molecule has 0 heterocycles. The molecule has 1 amide bonds. The number of amides is 1. The van der Waals surface area contributed by atoms with E-state index in [9.17, 15) is 0 Å². The molecule has 0 aliphatic heterocycles. The minimum Gasteiger partial charge on any atom is -0.395 e. The van der Waals surface area contributed by atoms with E-state index in [4.69, 9.17) is 4.79 Å². The SMILES string of the molecule is [CH2-]C(N)=O.[CH3-].[CH3-].[Zn+2].[Zn]. The van der Waals surface area contributed by atoms with Crippen molar-refractivity contribution in [1.82, 2.24) is 0 Å². The van der Waals surface area contributed by atoms with Crippen molar-refractivity contribution < 1.29 is 43.8 Å². The Kier molecular flexibility index (Phi) is 123. The first-order valence-corrected chi connectivity index (χ1v) is 0.846. The van der Waals surface area contributed by atoms with Crippen LogP contribution in [-0.2, 0) is 43.8 Å². The van der Waals surface area contributed by atoms with Crippen LogP contribution in [0.25, 0.3) is 0 Å². The van der Waals surface area contributed by atoms with Gasteiger partial charge >= 0.3 is 19.5 Å². The summed E-state index contributed by atoms with van der Waals surface area (Å²) in [6.45, 7) is 2.78. The molecule has 0 aromatic carbocycles. The second-order valence-electron chi connectivity index (χ2n) is 0.466. The Morgan fingerprint density at radius 1 is 1.38 bits per heavy atom. The van der Waals surface area contributed by atoms with Gasteiger partial charge in [0.05, 0.1) is 5.91 Å². The van der Waals surface area contributed by atoms with E-state index in [2.05, 4.69) is 12.7 Å². The van der Waals surface area contributed by atoms with E-state index in [1.54, 1.807) is 0 Å². The maximum Gasteiger partial charge on any atom is 2.00 e. The van der Waals surface area contributed by atoms with Crippen LogP contribution in [0.1, 0.15) is 0 Å². The Labute approximate surface area is 77.1 Å². The van der Waals surface area contributed by atoms with Crippen LogP contribution in [0, 0.1) is 21.8 Å². The van der Waals surface area contributed by atoms with Crippen molar-refractivity contribution in [2.45, 2.75) is 0 Å². The standard InChI is InChI=1S/C2H4NO.2CH3.2Zn/c1-2(3)4;;;;/h1H2,(H2,3,4);2*1H3;;/q3*-1;;+2. The zero-order chi connectivity index (χ0) is 3.58. The molecule has 0 saturated heterocycles. The molecule has 4 heteroatoms. The van der Waals surface area contributed by atoms with Crippen LogP contribution in [-0.4, -0.2) is 5.91 Å². The molecule has 0 saturated carbocycles. The van der Waals surface area contributed by atoms with Crippen molar-refractivity contribution in [2.24, 2.45) is 5.73 Å². The van der Waals surface area contributed by atoms with Crippen molar-refractivity contribution in [3.8, 4) is 0 Å². The van der Waals surface area contributed by atoms with Crippen molar-refractivity contribution in [3.05, 3.63) is 21.8 Å². The van der Waals surface area contributed by atoms with Crippen molar-refractivity contribution in [3.63, 3.8) is 0 Å². The minimum atomic E-state index is -0.583. The van der Waals surface area contributed by atoms with Crippen LogP contribution in [0.3, 0.4) is 0 Å². The molecule has 0 atom stereocenters. The van der Waals surface area contributed by atoms with Gasteiger partial charge in [-0.3, -0.25) is 0 Å². The second kappa shape index (κ2) is 25.6. The van der Waals surface area contributed by atoms with Crippen LogP contribution < -0.4 is 5.73 Å². The van der Waals surface area contributed by atoms with Crippen molar-refractivity contribution >= 4 is 5.91 Å². The van der Waals surface area contributed by atoms with Gasteiger partial charge in [0, 0.05) is 19.5 Å². The normalized spacial score (nSPS) is 3.00. The summed E-state index contributed by atoms with van der Waals surface area (Å²) >= 11 is 0. The molecular weight excluding hydrogens is 209 g/mol. The Balaban J connectivity index is -0.00000000750. The van der Waals surface area contributed by atoms with E-state index in [0.717, 1.165) is 0 Å². The summed E-state index contributed by atoms with van der Waals surface area (Å²) in [5, 5.41) is 0. The summed E-state index contributed by atoms with van der Waals surface area (Å²) in [5.74, 6) is -0.583. The summed E-state index contributed by atoms with van der Waals surface area (Å²) < 4.78 is 0. The molecule has 0 aromatic heterocycles. The largest absolute Gasteiger partial charge is 2.00 e. The van der Waals surface area contributed by atoms with Gasteiger partial charge in [0.25, 0.3) is 0 Å². The minimum absolute atomic E-state index is 0. The van der Waals surface area contributed by atoms with Gasteiger partial charge in [-0.15, -0.1) is 0 Å². The molecule has 0 bridgehead atoms. The molecule has 2 N–H and O–H groups in total. The Morgan fingerprint density at radius 3 is 1.38 bits per heavy atom. The number of nitrogens with two attached hydrogens (primary N) is 1. The monoisotopic (exact) mass is 216 g/mol.